The fourth-order valence-corrected chi connectivity index (χ4v) is 3.74. The summed E-state index contributed by atoms with van der Waals surface area (Å²) >= 11 is 0. The van der Waals surface area contributed by atoms with Gasteiger partial charge in [0.05, 0.1) is 17.9 Å². The highest BCUT2D eigenvalue weighted by Crippen LogP contribution is 2.24. The molecule has 2 aromatic heterocycles. The summed E-state index contributed by atoms with van der Waals surface area (Å²) in [7, 11) is 0. The predicted molar refractivity (Wildman–Crippen MR) is 127 cm³/mol. The Bertz CT molecular complexity index is 1390. The van der Waals surface area contributed by atoms with Gasteiger partial charge in [-0.15, -0.1) is 0 Å². The van der Waals surface area contributed by atoms with Crippen molar-refractivity contribution in [2.45, 2.75) is 13.0 Å². The molecule has 1 amide bonds. The second-order valence-corrected chi connectivity index (χ2v) is 7.75. The van der Waals surface area contributed by atoms with Crippen molar-refractivity contribution >= 4 is 16.7 Å². The number of carbonyl (C=O) groups is 1. The topological polar surface area (TPSA) is 70.7 Å². The molecule has 0 saturated carbocycles. The molecule has 1 atom stereocenters. The molecular weight excluding hydrogens is 396 g/mol. The lowest BCUT2D eigenvalue weighted by atomic mass is 10.1. The molecule has 0 fully saturated rings. The van der Waals surface area contributed by atoms with Crippen LogP contribution in [0.1, 0.15) is 28.9 Å². The minimum Gasteiger partial charge on any atom is -0.346 e. The number of fused-ring (bicyclic) bond motifs is 1. The molecule has 32 heavy (non-hydrogen) atoms. The first-order valence-electron chi connectivity index (χ1n) is 10.5. The lowest BCUT2D eigenvalue weighted by Gasteiger charge is -2.14. The summed E-state index contributed by atoms with van der Waals surface area (Å²) < 4.78 is 0. The molecule has 0 aliphatic carbocycles. The maximum atomic E-state index is 12.8. The van der Waals surface area contributed by atoms with Gasteiger partial charge in [0.25, 0.3) is 5.91 Å². The molecule has 0 aliphatic rings. The average molecular weight is 419 g/mol. The van der Waals surface area contributed by atoms with Crippen molar-refractivity contribution in [3.63, 3.8) is 0 Å². The highest BCUT2D eigenvalue weighted by atomic mass is 16.1. The fraction of sp³-hybridized carbons (Fsp3) is 0.0741. The Labute approximate surface area is 186 Å². The van der Waals surface area contributed by atoms with E-state index in [1.54, 1.807) is 6.20 Å². The van der Waals surface area contributed by atoms with Gasteiger partial charge in [-0.1, -0.05) is 66.7 Å². The van der Waals surface area contributed by atoms with E-state index in [-0.39, 0.29) is 11.9 Å². The fourth-order valence-electron chi connectivity index (χ4n) is 3.74. The molecule has 0 unspecified atom stereocenters. The molecule has 0 bridgehead atoms. The standard InChI is InChI=1S/C27H22N4O/c1-18(19-8-3-2-4-9-19)30-27(32)22-13-7-12-21(14-22)25-17-29-26(31-25)24-15-20-10-5-6-11-23(20)16-28-24/h2-18H,1H3,(H,29,31)(H,30,32)/t18-/m1/s1. The first-order valence-corrected chi connectivity index (χ1v) is 10.5. The van der Waals surface area contributed by atoms with Gasteiger partial charge in [-0.05, 0) is 36.1 Å². The van der Waals surface area contributed by atoms with Crippen LogP contribution in [0.25, 0.3) is 33.5 Å². The maximum Gasteiger partial charge on any atom is 0.251 e. The zero-order valence-electron chi connectivity index (χ0n) is 17.6. The number of hydrogen-bond donors (Lipinski definition) is 2. The van der Waals surface area contributed by atoms with Crippen molar-refractivity contribution in [3.05, 3.63) is 108 Å². The van der Waals surface area contributed by atoms with Crippen LogP contribution >= 0.6 is 0 Å². The van der Waals surface area contributed by atoms with Crippen LogP contribution in [-0.4, -0.2) is 20.9 Å². The van der Waals surface area contributed by atoms with E-state index in [0.29, 0.717) is 11.4 Å². The molecule has 2 heterocycles. The predicted octanol–water partition coefficient (Wildman–Crippen LogP) is 5.78. The van der Waals surface area contributed by atoms with Gasteiger partial charge in [-0.3, -0.25) is 9.78 Å². The minimum atomic E-state index is -0.112. The number of hydrogen-bond acceptors (Lipinski definition) is 3. The first kappa shape index (κ1) is 19.7. The molecule has 2 N–H and O–H groups in total. The number of aromatic nitrogens is 3. The molecule has 5 heteroatoms. The van der Waals surface area contributed by atoms with Gasteiger partial charge in [-0.2, -0.15) is 0 Å². The van der Waals surface area contributed by atoms with E-state index in [9.17, 15) is 4.79 Å². The highest BCUT2D eigenvalue weighted by molar-refractivity contribution is 5.95. The molecule has 3 aromatic carbocycles. The second-order valence-electron chi connectivity index (χ2n) is 7.75. The summed E-state index contributed by atoms with van der Waals surface area (Å²) in [6.45, 7) is 1.98. The smallest absolute Gasteiger partial charge is 0.251 e. The van der Waals surface area contributed by atoms with E-state index in [0.717, 1.165) is 33.3 Å². The summed E-state index contributed by atoms with van der Waals surface area (Å²) in [6.07, 6.45) is 3.63. The Morgan fingerprint density at radius 1 is 0.844 bits per heavy atom. The number of H-pyrrole nitrogens is 1. The molecule has 0 radical (unpaired) electrons. The van der Waals surface area contributed by atoms with Gasteiger partial charge < -0.3 is 10.3 Å². The molecular formula is C27H22N4O. The Balaban J connectivity index is 1.37. The van der Waals surface area contributed by atoms with E-state index in [4.69, 9.17) is 0 Å². The molecule has 0 spiro atoms. The van der Waals surface area contributed by atoms with Gasteiger partial charge in [0.1, 0.15) is 5.69 Å². The molecule has 0 aliphatic heterocycles. The van der Waals surface area contributed by atoms with Gasteiger partial charge in [0.15, 0.2) is 5.82 Å². The second kappa shape index (κ2) is 8.47. The zero-order valence-corrected chi connectivity index (χ0v) is 17.6. The van der Waals surface area contributed by atoms with E-state index >= 15 is 0 Å². The van der Waals surface area contributed by atoms with Crippen molar-refractivity contribution in [3.8, 4) is 22.8 Å². The van der Waals surface area contributed by atoms with Gasteiger partial charge >= 0.3 is 0 Å². The summed E-state index contributed by atoms with van der Waals surface area (Å²) in [5, 5.41) is 5.27. The van der Waals surface area contributed by atoms with Crippen LogP contribution in [0.15, 0.2) is 97.3 Å². The average Bonchev–Trinajstić information content (AvgIpc) is 3.35. The maximum absolute atomic E-state index is 12.8. The lowest BCUT2D eigenvalue weighted by molar-refractivity contribution is 0.0940. The Kier molecular flexibility index (Phi) is 5.22. The summed E-state index contributed by atoms with van der Waals surface area (Å²) in [5.74, 6) is 0.581. The third-order valence-corrected chi connectivity index (χ3v) is 5.53. The van der Waals surface area contributed by atoms with Crippen LogP contribution in [0.3, 0.4) is 0 Å². The third-order valence-electron chi connectivity index (χ3n) is 5.53. The number of benzene rings is 3. The molecule has 5 rings (SSSR count). The van der Waals surface area contributed by atoms with Crippen LogP contribution in [0.5, 0.6) is 0 Å². The Hall–Kier alpha value is -4.25. The monoisotopic (exact) mass is 418 g/mol. The molecule has 5 nitrogen and oxygen atoms in total. The van der Waals surface area contributed by atoms with Crippen molar-refractivity contribution in [1.82, 2.24) is 20.3 Å². The summed E-state index contributed by atoms with van der Waals surface area (Å²) in [6, 6.07) is 27.5. The summed E-state index contributed by atoms with van der Waals surface area (Å²) in [5.41, 5.74) is 4.18. The number of nitrogens with one attached hydrogen (secondary N) is 2. The van der Waals surface area contributed by atoms with Gasteiger partial charge in [0, 0.05) is 22.7 Å². The van der Waals surface area contributed by atoms with Crippen LogP contribution in [0, 0.1) is 0 Å². The number of carbonyl (C=O) groups excluding carboxylic acids is 1. The number of amides is 1. The SMILES string of the molecule is C[C@@H](NC(=O)c1cccc(-c2cnc(-c3cc4ccccc4cn3)[nH]2)c1)c1ccccc1. The van der Waals surface area contributed by atoms with Crippen molar-refractivity contribution in [2.24, 2.45) is 0 Å². The number of nitrogens with zero attached hydrogens (tertiary/aromatic N) is 2. The number of aromatic amines is 1. The third kappa shape index (κ3) is 4.01. The molecule has 5 aromatic rings. The molecule has 0 saturated heterocycles. The van der Waals surface area contributed by atoms with Crippen LogP contribution in [0.2, 0.25) is 0 Å². The van der Waals surface area contributed by atoms with E-state index < -0.39 is 0 Å². The van der Waals surface area contributed by atoms with Crippen LogP contribution < -0.4 is 5.32 Å². The summed E-state index contributed by atoms with van der Waals surface area (Å²) in [4.78, 5) is 25.2. The minimum absolute atomic E-state index is 0.0786. The van der Waals surface area contributed by atoms with Crippen molar-refractivity contribution in [1.29, 1.82) is 0 Å². The normalized spacial score (nSPS) is 11.9. The Morgan fingerprint density at radius 2 is 1.62 bits per heavy atom. The van der Waals surface area contributed by atoms with E-state index in [1.807, 2.05) is 92.0 Å². The Morgan fingerprint density at radius 3 is 2.47 bits per heavy atom. The lowest BCUT2D eigenvalue weighted by Crippen LogP contribution is -2.26. The van der Waals surface area contributed by atoms with Crippen LogP contribution in [0.4, 0.5) is 0 Å². The van der Waals surface area contributed by atoms with Crippen molar-refractivity contribution < 1.29 is 4.79 Å². The highest BCUT2D eigenvalue weighted by Gasteiger charge is 2.13. The van der Waals surface area contributed by atoms with Crippen LogP contribution in [-0.2, 0) is 0 Å². The van der Waals surface area contributed by atoms with Gasteiger partial charge in [0.2, 0.25) is 0 Å². The quantitative estimate of drug-likeness (QED) is 0.380. The number of imidazole rings is 1. The van der Waals surface area contributed by atoms with Crippen molar-refractivity contribution in [2.75, 3.05) is 0 Å². The van der Waals surface area contributed by atoms with E-state index in [1.165, 1.54) is 0 Å². The zero-order chi connectivity index (χ0) is 21.9. The van der Waals surface area contributed by atoms with E-state index in [2.05, 4.69) is 26.3 Å². The number of pyridine rings is 1. The first-order chi connectivity index (χ1) is 15.7. The molecule has 156 valence electrons. The number of rotatable bonds is 5. The van der Waals surface area contributed by atoms with Gasteiger partial charge in [-0.25, -0.2) is 4.98 Å². The largest absolute Gasteiger partial charge is 0.346 e.